The number of thiazole rings is 1. The Morgan fingerprint density at radius 1 is 0.923 bits per heavy atom. The highest BCUT2D eigenvalue weighted by atomic mass is 32.1. The van der Waals surface area contributed by atoms with E-state index >= 15 is 0 Å². The minimum absolute atomic E-state index is 0.0620. The second-order valence-electron chi connectivity index (χ2n) is 22.9. The van der Waals surface area contributed by atoms with Crippen molar-refractivity contribution in [1.82, 2.24) is 40.4 Å². The molecule has 1 aliphatic carbocycles. The van der Waals surface area contributed by atoms with Crippen molar-refractivity contribution in [2.45, 2.75) is 122 Å². The van der Waals surface area contributed by atoms with Gasteiger partial charge in [0.2, 0.25) is 17.7 Å². The smallest absolute Gasteiger partial charge is 0.254 e. The van der Waals surface area contributed by atoms with Gasteiger partial charge in [0.1, 0.15) is 23.8 Å². The Balaban J connectivity index is 0.610. The summed E-state index contributed by atoms with van der Waals surface area (Å²) in [6.07, 6.45) is 7.55. The first-order valence-corrected chi connectivity index (χ1v) is 28.8. The van der Waals surface area contributed by atoms with E-state index in [1.165, 1.54) is 4.90 Å². The number of para-hydroxylation sites is 1. The van der Waals surface area contributed by atoms with Crippen LogP contribution in [0.15, 0.2) is 89.0 Å². The number of phenolic OH excluding ortho intramolecular Hbond substituents is 1. The number of nitrogens with two attached hydrogens (primary N) is 1. The zero-order valence-corrected chi connectivity index (χ0v) is 46.1. The number of phenols is 1. The maximum Gasteiger partial charge on any atom is 0.254 e. The molecule has 5 fully saturated rings. The Morgan fingerprint density at radius 3 is 2.44 bits per heavy atom. The lowest BCUT2D eigenvalue weighted by atomic mass is 9.80. The van der Waals surface area contributed by atoms with E-state index in [9.17, 15) is 19.8 Å². The molecule has 4 aromatic heterocycles. The summed E-state index contributed by atoms with van der Waals surface area (Å²) in [4.78, 5) is 47.2. The number of nitrogens with one attached hydrogen (secondary N) is 1. The van der Waals surface area contributed by atoms with Crippen LogP contribution in [0.5, 0.6) is 17.5 Å². The highest BCUT2D eigenvalue weighted by Crippen LogP contribution is 2.41. The summed E-state index contributed by atoms with van der Waals surface area (Å²) >= 11 is 1.60. The maximum atomic E-state index is 14.3. The molecule has 8 heterocycles. The molecule has 4 aliphatic heterocycles. The average Bonchev–Trinajstić information content (AvgIpc) is 4.31. The van der Waals surface area contributed by atoms with Gasteiger partial charge in [0.25, 0.3) is 5.88 Å². The number of aromatic hydroxyl groups is 1. The number of fused-ring (bicyclic) bond motifs is 2. The fourth-order valence-corrected chi connectivity index (χ4v) is 13.7. The van der Waals surface area contributed by atoms with E-state index in [1.54, 1.807) is 29.5 Å². The van der Waals surface area contributed by atoms with E-state index < -0.39 is 18.1 Å². The summed E-state index contributed by atoms with van der Waals surface area (Å²) in [5, 5.41) is 37.1. The molecule has 412 valence electrons. The molecule has 0 radical (unpaired) electrons. The number of piperazine rings is 1. The number of pyridine rings is 1. The number of hydrogen-bond donors (Lipinski definition) is 4. The Labute approximate surface area is 460 Å². The predicted molar refractivity (Wildman–Crippen MR) is 299 cm³/mol. The Morgan fingerprint density at radius 2 is 1.71 bits per heavy atom. The molecule has 5 N–H and O–H groups in total. The molecule has 2 aromatic carbocycles. The number of aryl methyl sites for hydroxylation is 1. The van der Waals surface area contributed by atoms with E-state index in [0.29, 0.717) is 71.0 Å². The number of nitrogen functional groups attached to an aromatic ring is 1. The number of rotatable bonds is 18. The minimum Gasteiger partial charge on any atom is -0.507 e. The number of aromatic nitrogens is 5. The zero-order valence-electron chi connectivity index (χ0n) is 45.3. The standard InChI is InChI=1S/C59H73N11O7S/c1-34(2)55(59(74)69-32-45(71)25-50(69)58(73)63-36(4)40-10-12-41(13-11-40)56-37(5)62-33-78-56)52-27-54(66-77-52)75-21-18-39-17-20-67(28-35(39)3)29-38-22-46(23-38)76-53-24-42(16-19-61-53)70-43-14-15-44(70)31-68(30-43)49-26-48(64-65-57(49)60)47-8-6-7-9-51(47)72/h6-13,16,19,24,26-27,33-36,38-39,43-46,50,55,71-72H,14-15,17-18,20-23,25,28-32H2,1-5H3,(H2,60,65)(H,63,73)/t35-,36+,38?,39-,43-,44?,45-,46?,50+,55+/m1/s1. The lowest BCUT2D eigenvalue weighted by molar-refractivity contribution is -0.141. The number of carbonyl (C=O) groups is 2. The van der Waals surface area contributed by atoms with Gasteiger partial charge in [0.05, 0.1) is 46.2 Å². The van der Waals surface area contributed by atoms with Gasteiger partial charge in [-0.1, -0.05) is 57.2 Å². The van der Waals surface area contributed by atoms with Gasteiger partial charge in [-0.25, -0.2) is 9.97 Å². The SMILES string of the molecule is Cc1ncsc1-c1ccc([C@H](C)NC(=O)[C@@H]2C[C@@H](O)CN2C(=O)[C@H](c2cc(OCC[C@H]3CCN(CC4CC(Oc5cc(N6C7CC[C@@H]6CN(c6cc(-c8ccccc8O)nnc6N)C7)ccn5)C4)C[C@H]3C)no2)C(C)C)cc1. The Bertz CT molecular complexity index is 3040. The molecule has 19 heteroatoms. The van der Waals surface area contributed by atoms with Crippen molar-refractivity contribution in [3.63, 3.8) is 0 Å². The normalized spacial score (nSPS) is 25.0. The molecule has 18 nitrogen and oxygen atoms in total. The van der Waals surface area contributed by atoms with Crippen LogP contribution in [-0.4, -0.2) is 133 Å². The highest BCUT2D eigenvalue weighted by Gasteiger charge is 2.45. The first-order valence-electron chi connectivity index (χ1n) is 27.9. The molecule has 11 rings (SSSR count). The molecule has 8 atom stereocenters. The minimum atomic E-state index is -0.821. The first-order chi connectivity index (χ1) is 37.7. The number of carbonyl (C=O) groups excluding carboxylic acids is 2. The van der Waals surface area contributed by atoms with E-state index in [2.05, 4.69) is 64.4 Å². The summed E-state index contributed by atoms with van der Waals surface area (Å²) in [5.41, 5.74) is 14.5. The maximum absolute atomic E-state index is 14.3. The van der Waals surface area contributed by atoms with E-state index in [4.69, 9.17) is 19.7 Å². The number of β-amino-alcohol motifs (C(OH)–C–C–N with tert-alkyl or cyclic N) is 1. The quantitative estimate of drug-likeness (QED) is 0.0636. The number of nitrogens with zero attached hydrogens (tertiary/aromatic N) is 9. The fourth-order valence-electron chi connectivity index (χ4n) is 12.9. The number of aliphatic hydroxyl groups excluding tert-OH is 1. The van der Waals surface area contributed by atoms with Crippen LogP contribution in [0.25, 0.3) is 21.7 Å². The van der Waals surface area contributed by atoms with E-state index in [0.717, 1.165) is 104 Å². The molecule has 0 spiro atoms. The van der Waals surface area contributed by atoms with Gasteiger partial charge in [-0.2, -0.15) is 0 Å². The van der Waals surface area contributed by atoms with Crippen LogP contribution in [0, 0.1) is 30.6 Å². The molecule has 1 saturated carbocycles. The van der Waals surface area contributed by atoms with E-state index in [1.807, 2.05) is 81.9 Å². The number of hydrogen-bond acceptors (Lipinski definition) is 17. The van der Waals surface area contributed by atoms with Crippen LogP contribution >= 0.6 is 11.3 Å². The van der Waals surface area contributed by atoms with Crippen molar-refractivity contribution in [1.29, 1.82) is 0 Å². The topological polar surface area (TPSA) is 222 Å². The molecule has 2 bridgehead atoms. The van der Waals surface area contributed by atoms with Gasteiger partial charge in [0, 0.05) is 80.8 Å². The number of piperidine rings is 1. The van der Waals surface area contributed by atoms with Gasteiger partial charge in [-0.15, -0.1) is 21.5 Å². The van der Waals surface area contributed by atoms with Gasteiger partial charge < -0.3 is 54.9 Å². The fraction of sp³-hybridized carbons (Fsp3) is 0.508. The van der Waals surface area contributed by atoms with Crippen LogP contribution in [0.2, 0.25) is 0 Å². The second-order valence-corrected chi connectivity index (χ2v) is 23.7. The van der Waals surface area contributed by atoms with E-state index in [-0.39, 0.29) is 48.6 Å². The summed E-state index contributed by atoms with van der Waals surface area (Å²) in [6, 6.07) is 22.6. The molecular weight excluding hydrogens is 1010 g/mol. The van der Waals surface area contributed by atoms with Gasteiger partial charge in [-0.05, 0) is 123 Å². The molecule has 5 aliphatic rings. The van der Waals surface area contributed by atoms with Crippen LogP contribution in [0.4, 0.5) is 17.2 Å². The molecule has 2 amide bonds. The van der Waals surface area contributed by atoms with Crippen LogP contribution < -0.4 is 30.3 Å². The Kier molecular flexibility index (Phi) is 15.6. The number of benzene rings is 2. The van der Waals surface area contributed by atoms with Crippen molar-refractivity contribution in [2.24, 2.45) is 23.7 Å². The number of likely N-dealkylation sites (tertiary alicyclic amines) is 2. The van der Waals surface area contributed by atoms with Crippen molar-refractivity contribution < 1.29 is 33.8 Å². The highest BCUT2D eigenvalue weighted by molar-refractivity contribution is 7.13. The number of aliphatic hydroxyl groups is 1. The summed E-state index contributed by atoms with van der Waals surface area (Å²) in [5.74, 6) is 2.13. The van der Waals surface area contributed by atoms with Crippen molar-refractivity contribution in [3.05, 3.63) is 102 Å². The van der Waals surface area contributed by atoms with Gasteiger partial charge >= 0.3 is 0 Å². The lowest BCUT2D eigenvalue weighted by Crippen LogP contribution is -2.54. The molecule has 6 aromatic rings. The molecular formula is C59H73N11O7S. The Hall–Kier alpha value is -6.83. The zero-order chi connectivity index (χ0) is 54.2. The second kappa shape index (κ2) is 22.9. The lowest BCUT2D eigenvalue weighted by Gasteiger charge is -2.44. The molecule has 4 saturated heterocycles. The summed E-state index contributed by atoms with van der Waals surface area (Å²) in [7, 11) is 0. The average molecular weight is 1080 g/mol. The summed E-state index contributed by atoms with van der Waals surface area (Å²) in [6.45, 7) is 15.5. The largest absolute Gasteiger partial charge is 0.507 e. The number of ether oxygens (including phenoxy) is 2. The first kappa shape index (κ1) is 53.2. The predicted octanol–water partition coefficient (Wildman–Crippen LogP) is 8.27. The van der Waals surface area contributed by atoms with Crippen molar-refractivity contribution >= 4 is 40.3 Å². The van der Waals surface area contributed by atoms with Gasteiger partial charge in [-0.3, -0.25) is 9.59 Å². The van der Waals surface area contributed by atoms with Crippen LogP contribution in [-0.2, 0) is 9.59 Å². The monoisotopic (exact) mass is 1080 g/mol. The number of anilines is 3. The third kappa shape index (κ3) is 11.4. The third-order valence-electron chi connectivity index (χ3n) is 17.1. The van der Waals surface area contributed by atoms with Gasteiger partial charge in [0.15, 0.2) is 11.6 Å². The van der Waals surface area contributed by atoms with Crippen LogP contribution in [0.1, 0.15) is 102 Å². The third-order valence-corrected chi connectivity index (χ3v) is 18.1. The molecule has 78 heavy (non-hydrogen) atoms. The molecule has 1 unspecified atom stereocenters. The van der Waals surface area contributed by atoms with Crippen molar-refractivity contribution in [3.8, 4) is 39.2 Å². The number of amides is 2. The van der Waals surface area contributed by atoms with Crippen molar-refractivity contribution in [2.75, 3.05) is 61.4 Å². The van der Waals surface area contributed by atoms with Crippen LogP contribution in [0.3, 0.4) is 0 Å². The summed E-state index contributed by atoms with van der Waals surface area (Å²) < 4.78 is 18.4.